The lowest BCUT2D eigenvalue weighted by atomic mass is 10.2. The summed E-state index contributed by atoms with van der Waals surface area (Å²) in [7, 11) is 0. The van der Waals surface area contributed by atoms with Crippen molar-refractivity contribution in [2.24, 2.45) is 17.7 Å². The molecule has 0 saturated heterocycles. The molecule has 2 fully saturated rings. The van der Waals surface area contributed by atoms with E-state index in [9.17, 15) is 4.79 Å². The SMILES string of the molecule is NNc1cnc(C(=O)N(CC2CC2)CC2CC2)cn1. The van der Waals surface area contributed by atoms with Crippen LogP contribution >= 0.6 is 0 Å². The number of nitrogen functional groups attached to an aromatic ring is 1. The number of rotatable bonds is 6. The van der Waals surface area contributed by atoms with Crippen LogP contribution in [0.1, 0.15) is 36.2 Å². The summed E-state index contributed by atoms with van der Waals surface area (Å²) < 4.78 is 0. The van der Waals surface area contributed by atoms with E-state index in [0.717, 1.165) is 13.1 Å². The average molecular weight is 261 g/mol. The van der Waals surface area contributed by atoms with Gasteiger partial charge in [-0.3, -0.25) is 4.79 Å². The number of hydrogen-bond acceptors (Lipinski definition) is 5. The molecule has 3 N–H and O–H groups in total. The summed E-state index contributed by atoms with van der Waals surface area (Å²) in [6.07, 6.45) is 7.96. The summed E-state index contributed by atoms with van der Waals surface area (Å²) in [4.78, 5) is 22.6. The van der Waals surface area contributed by atoms with Gasteiger partial charge in [0.2, 0.25) is 0 Å². The Labute approximate surface area is 112 Å². The first-order valence-corrected chi connectivity index (χ1v) is 6.84. The molecule has 0 atom stereocenters. The molecule has 1 amide bonds. The van der Waals surface area contributed by atoms with Crippen LogP contribution in [0.15, 0.2) is 12.4 Å². The van der Waals surface area contributed by atoms with E-state index < -0.39 is 0 Å². The molecule has 0 aliphatic heterocycles. The van der Waals surface area contributed by atoms with E-state index >= 15 is 0 Å². The summed E-state index contributed by atoms with van der Waals surface area (Å²) in [5.74, 6) is 7.09. The zero-order valence-electron chi connectivity index (χ0n) is 10.9. The summed E-state index contributed by atoms with van der Waals surface area (Å²) in [5.41, 5.74) is 2.81. The number of hydrazine groups is 1. The third kappa shape index (κ3) is 3.20. The summed E-state index contributed by atoms with van der Waals surface area (Å²) in [5, 5.41) is 0. The molecule has 3 rings (SSSR count). The van der Waals surface area contributed by atoms with E-state index in [2.05, 4.69) is 15.4 Å². The molecule has 2 aliphatic carbocycles. The van der Waals surface area contributed by atoms with Crippen LogP contribution in [0.2, 0.25) is 0 Å². The first kappa shape index (κ1) is 12.3. The van der Waals surface area contributed by atoms with Gasteiger partial charge >= 0.3 is 0 Å². The predicted octanol–water partition coefficient (Wildman–Crippen LogP) is 1.02. The third-order valence-electron chi connectivity index (χ3n) is 3.66. The maximum absolute atomic E-state index is 12.4. The molecule has 19 heavy (non-hydrogen) atoms. The van der Waals surface area contributed by atoms with Crippen LogP contribution in [0.3, 0.4) is 0 Å². The highest BCUT2D eigenvalue weighted by molar-refractivity contribution is 5.92. The Bertz CT molecular complexity index is 439. The Morgan fingerprint density at radius 3 is 2.26 bits per heavy atom. The molecule has 0 aromatic carbocycles. The minimum atomic E-state index is -0.00475. The fraction of sp³-hybridized carbons (Fsp3) is 0.615. The fourth-order valence-corrected chi connectivity index (χ4v) is 2.14. The first-order chi connectivity index (χ1) is 9.26. The molecule has 2 aliphatic rings. The molecule has 1 aromatic rings. The largest absolute Gasteiger partial charge is 0.337 e. The molecular weight excluding hydrogens is 242 g/mol. The lowest BCUT2D eigenvalue weighted by Crippen LogP contribution is -2.35. The minimum Gasteiger partial charge on any atom is -0.337 e. The normalized spacial score (nSPS) is 18.2. The van der Waals surface area contributed by atoms with Crippen LogP contribution in [0, 0.1) is 11.8 Å². The van der Waals surface area contributed by atoms with Crippen molar-refractivity contribution in [1.82, 2.24) is 14.9 Å². The summed E-state index contributed by atoms with van der Waals surface area (Å²) >= 11 is 0. The van der Waals surface area contributed by atoms with E-state index in [0.29, 0.717) is 23.3 Å². The number of hydrogen-bond donors (Lipinski definition) is 2. The molecule has 0 bridgehead atoms. The van der Waals surface area contributed by atoms with E-state index in [-0.39, 0.29) is 5.91 Å². The number of nitrogens with zero attached hydrogens (tertiary/aromatic N) is 3. The van der Waals surface area contributed by atoms with Crippen LogP contribution in [0.25, 0.3) is 0 Å². The fourth-order valence-electron chi connectivity index (χ4n) is 2.14. The van der Waals surface area contributed by atoms with Gasteiger partial charge < -0.3 is 10.3 Å². The zero-order chi connectivity index (χ0) is 13.2. The van der Waals surface area contributed by atoms with Crippen LogP contribution in [-0.4, -0.2) is 33.9 Å². The van der Waals surface area contributed by atoms with Gasteiger partial charge in [-0.1, -0.05) is 0 Å². The molecule has 0 radical (unpaired) electrons. The van der Waals surface area contributed by atoms with Gasteiger partial charge in [-0.15, -0.1) is 0 Å². The van der Waals surface area contributed by atoms with Gasteiger partial charge in [0.1, 0.15) is 5.69 Å². The highest BCUT2D eigenvalue weighted by Crippen LogP contribution is 2.34. The number of nitrogens with one attached hydrogen (secondary N) is 1. The van der Waals surface area contributed by atoms with Crippen molar-refractivity contribution >= 4 is 11.7 Å². The molecule has 6 nitrogen and oxygen atoms in total. The van der Waals surface area contributed by atoms with Gasteiger partial charge in [0.25, 0.3) is 5.91 Å². The highest BCUT2D eigenvalue weighted by atomic mass is 16.2. The molecule has 1 heterocycles. The second kappa shape index (κ2) is 5.13. The molecule has 2 saturated carbocycles. The monoisotopic (exact) mass is 261 g/mol. The Balaban J connectivity index is 1.69. The second-order valence-corrected chi connectivity index (χ2v) is 5.53. The lowest BCUT2D eigenvalue weighted by Gasteiger charge is -2.22. The molecule has 1 aromatic heterocycles. The standard InChI is InChI=1S/C13H19N5O/c14-17-12-6-15-11(5-16-12)13(19)18(7-9-1-2-9)8-10-3-4-10/h5-6,9-10H,1-4,7-8,14H2,(H,16,17). The molecular formula is C13H19N5O. The maximum Gasteiger partial charge on any atom is 0.274 e. The summed E-state index contributed by atoms with van der Waals surface area (Å²) in [6, 6.07) is 0. The van der Waals surface area contributed by atoms with Crippen LogP contribution in [0.4, 0.5) is 5.82 Å². The Hall–Kier alpha value is -1.69. The molecule has 102 valence electrons. The van der Waals surface area contributed by atoms with E-state index in [4.69, 9.17) is 5.84 Å². The topological polar surface area (TPSA) is 84.1 Å². The summed E-state index contributed by atoms with van der Waals surface area (Å²) in [6.45, 7) is 1.74. The lowest BCUT2D eigenvalue weighted by molar-refractivity contribution is 0.0733. The number of carbonyl (C=O) groups excluding carboxylic acids is 1. The van der Waals surface area contributed by atoms with E-state index in [1.54, 1.807) is 0 Å². The van der Waals surface area contributed by atoms with E-state index in [1.165, 1.54) is 38.1 Å². The van der Waals surface area contributed by atoms with Crippen LogP contribution in [-0.2, 0) is 0 Å². The van der Waals surface area contributed by atoms with Crippen molar-refractivity contribution < 1.29 is 4.79 Å². The Morgan fingerprint density at radius 1 is 1.21 bits per heavy atom. The number of aromatic nitrogens is 2. The minimum absolute atomic E-state index is 0.00475. The van der Waals surface area contributed by atoms with Crippen molar-refractivity contribution in [3.63, 3.8) is 0 Å². The molecule has 6 heteroatoms. The Kier molecular flexibility index (Phi) is 3.33. The third-order valence-corrected chi connectivity index (χ3v) is 3.66. The quantitative estimate of drug-likeness (QED) is 0.590. The van der Waals surface area contributed by atoms with Gasteiger partial charge in [-0.2, -0.15) is 0 Å². The maximum atomic E-state index is 12.4. The number of nitrogens with two attached hydrogens (primary N) is 1. The van der Waals surface area contributed by atoms with Gasteiger partial charge in [-0.05, 0) is 37.5 Å². The van der Waals surface area contributed by atoms with Crippen molar-refractivity contribution in [1.29, 1.82) is 0 Å². The first-order valence-electron chi connectivity index (χ1n) is 6.84. The highest BCUT2D eigenvalue weighted by Gasteiger charge is 2.32. The van der Waals surface area contributed by atoms with Crippen molar-refractivity contribution in [2.45, 2.75) is 25.7 Å². The van der Waals surface area contributed by atoms with E-state index in [1.807, 2.05) is 4.90 Å². The van der Waals surface area contributed by atoms with Crippen molar-refractivity contribution in [3.05, 3.63) is 18.1 Å². The smallest absolute Gasteiger partial charge is 0.274 e. The van der Waals surface area contributed by atoms with Gasteiger partial charge in [0.15, 0.2) is 5.82 Å². The van der Waals surface area contributed by atoms with Crippen LogP contribution in [0.5, 0.6) is 0 Å². The Morgan fingerprint density at radius 2 is 1.84 bits per heavy atom. The average Bonchev–Trinajstić information content (AvgIpc) is 3.32. The number of carbonyl (C=O) groups is 1. The van der Waals surface area contributed by atoms with Crippen molar-refractivity contribution in [3.8, 4) is 0 Å². The van der Waals surface area contributed by atoms with Gasteiger partial charge in [-0.25, -0.2) is 15.8 Å². The number of anilines is 1. The van der Waals surface area contributed by atoms with Crippen LogP contribution < -0.4 is 11.3 Å². The molecule has 0 spiro atoms. The van der Waals surface area contributed by atoms with Gasteiger partial charge in [0, 0.05) is 13.1 Å². The second-order valence-electron chi connectivity index (χ2n) is 5.53. The number of amides is 1. The van der Waals surface area contributed by atoms with Gasteiger partial charge in [0.05, 0.1) is 12.4 Å². The molecule has 0 unspecified atom stereocenters. The van der Waals surface area contributed by atoms with Crippen molar-refractivity contribution in [2.75, 3.05) is 18.5 Å². The zero-order valence-corrected chi connectivity index (χ0v) is 10.9. The predicted molar refractivity (Wildman–Crippen MR) is 71.2 cm³/mol.